The molecule has 1 spiro atoms. The SMILES string of the molecule is C[C@@H]1[C@@H](C)CCC[C@@](O)(CS(=O)(=O)N2CCN(C)CC2)[C@@H]2CC[C@H]2CN2C[C@@]3(CCCc4cc(Cl)ccc43)COc3ccc(cc32)C(=O)NS1(=O)=O. The third kappa shape index (κ3) is 7.34. The summed E-state index contributed by atoms with van der Waals surface area (Å²) < 4.78 is 65.5. The number of fused-ring (bicyclic) bond motifs is 4. The molecule has 14 heteroatoms. The Bertz CT molecular complexity index is 1900. The van der Waals surface area contributed by atoms with Crippen LogP contribution in [-0.4, -0.2) is 107 Å². The van der Waals surface area contributed by atoms with E-state index in [-0.39, 0.29) is 40.9 Å². The minimum Gasteiger partial charge on any atom is -0.490 e. The first-order valence-electron chi connectivity index (χ1n) is 18.8. The van der Waals surface area contributed by atoms with Gasteiger partial charge in [0.1, 0.15) is 5.75 Å². The van der Waals surface area contributed by atoms with Crippen molar-refractivity contribution in [3.05, 3.63) is 58.1 Å². The van der Waals surface area contributed by atoms with E-state index in [9.17, 15) is 26.7 Å². The molecule has 52 heavy (non-hydrogen) atoms. The second kappa shape index (κ2) is 14.3. The second-order valence-electron chi connectivity index (χ2n) is 16.3. The highest BCUT2D eigenvalue weighted by Crippen LogP contribution is 2.49. The number of aryl methyl sites for hydroxylation is 1. The highest BCUT2D eigenvalue weighted by atomic mass is 35.5. The molecule has 3 aliphatic heterocycles. The normalized spacial score (nSPS) is 33.2. The Morgan fingerprint density at radius 2 is 1.79 bits per heavy atom. The van der Waals surface area contributed by atoms with E-state index in [2.05, 4.69) is 20.6 Å². The van der Waals surface area contributed by atoms with Gasteiger partial charge < -0.3 is 19.6 Å². The van der Waals surface area contributed by atoms with Crippen molar-refractivity contribution < 1.29 is 31.5 Å². The first kappa shape index (κ1) is 37.9. The summed E-state index contributed by atoms with van der Waals surface area (Å²) in [7, 11) is -5.85. The number of aliphatic hydroxyl groups is 1. The van der Waals surface area contributed by atoms with E-state index < -0.39 is 36.8 Å². The number of rotatable bonds is 3. The summed E-state index contributed by atoms with van der Waals surface area (Å²) in [6.45, 7) is 7.00. The average molecular weight is 777 g/mol. The van der Waals surface area contributed by atoms with Gasteiger partial charge in [0.25, 0.3) is 5.91 Å². The number of carbonyl (C=O) groups is 1. The molecule has 2 aromatic rings. The van der Waals surface area contributed by atoms with Crippen molar-refractivity contribution in [2.45, 2.75) is 81.5 Å². The van der Waals surface area contributed by atoms with Gasteiger partial charge in [-0.05, 0) is 118 Å². The lowest BCUT2D eigenvalue weighted by atomic mass is 9.63. The number of likely N-dealkylation sites (N-methyl/N-ethyl adjacent to an activating group) is 1. The minimum absolute atomic E-state index is 0.00826. The number of amides is 1. The largest absolute Gasteiger partial charge is 0.490 e. The van der Waals surface area contributed by atoms with Crippen LogP contribution in [0.5, 0.6) is 5.75 Å². The molecule has 5 aliphatic rings. The Morgan fingerprint density at radius 3 is 2.52 bits per heavy atom. The standard InChI is InChI=1S/C38H53ClN4O7S2/c1-26-6-4-15-38(45,25-51(46,47)43-18-16-41(3)17-19-43)33-11-8-30(33)22-42-23-37(14-5-7-28-20-31(39)10-12-32(28)37)24-50-35-13-9-29(21-34(35)42)36(44)40-52(48,49)27(26)2/h9-10,12-13,20-21,26-27,30,33,45H,4-8,11,14-19,22-25H2,1-3H3,(H,40,44)/t26-,27+,30-,33+,37-,38+/m0/s1. The topological polar surface area (TPSA) is 137 Å². The molecule has 1 amide bonds. The van der Waals surface area contributed by atoms with Crippen LogP contribution in [0, 0.1) is 17.8 Å². The fourth-order valence-electron chi connectivity index (χ4n) is 9.42. The number of piperazine rings is 1. The van der Waals surface area contributed by atoms with Gasteiger partial charge in [-0.15, -0.1) is 0 Å². The molecule has 1 saturated heterocycles. The zero-order valence-electron chi connectivity index (χ0n) is 30.5. The molecular weight excluding hydrogens is 724 g/mol. The number of nitrogens with one attached hydrogen (secondary N) is 1. The predicted octanol–water partition coefficient (Wildman–Crippen LogP) is 4.42. The Hall–Kier alpha value is -2.42. The summed E-state index contributed by atoms with van der Waals surface area (Å²) in [4.78, 5) is 17.9. The zero-order valence-corrected chi connectivity index (χ0v) is 32.9. The molecule has 2 N–H and O–H groups in total. The predicted molar refractivity (Wildman–Crippen MR) is 203 cm³/mol. The van der Waals surface area contributed by atoms with Gasteiger partial charge in [-0.25, -0.2) is 21.6 Å². The van der Waals surface area contributed by atoms with Crippen molar-refractivity contribution in [1.29, 1.82) is 0 Å². The lowest BCUT2D eigenvalue weighted by Crippen LogP contribution is -2.57. The second-order valence-corrected chi connectivity index (χ2v) is 20.8. The van der Waals surface area contributed by atoms with Crippen LogP contribution >= 0.6 is 11.6 Å². The zero-order chi connectivity index (χ0) is 37.1. The van der Waals surface area contributed by atoms with Crippen LogP contribution < -0.4 is 14.4 Å². The summed E-state index contributed by atoms with van der Waals surface area (Å²) in [5.41, 5.74) is 1.43. The average Bonchev–Trinajstić information content (AvgIpc) is 3.22. The summed E-state index contributed by atoms with van der Waals surface area (Å²) in [5, 5.41) is 12.5. The van der Waals surface area contributed by atoms with Crippen molar-refractivity contribution in [2.24, 2.45) is 17.8 Å². The number of hydrogen-bond acceptors (Lipinski definition) is 9. The molecule has 2 aromatic carbocycles. The van der Waals surface area contributed by atoms with Gasteiger partial charge in [0.15, 0.2) is 0 Å². The molecule has 0 radical (unpaired) electrons. The molecule has 1 saturated carbocycles. The van der Waals surface area contributed by atoms with Crippen LogP contribution in [0.2, 0.25) is 5.02 Å². The van der Waals surface area contributed by atoms with Crippen LogP contribution in [0.4, 0.5) is 5.69 Å². The molecule has 0 aromatic heterocycles. The van der Waals surface area contributed by atoms with E-state index in [0.717, 1.165) is 25.7 Å². The number of halogens is 1. The summed E-state index contributed by atoms with van der Waals surface area (Å²) in [6, 6.07) is 11.2. The number of sulfonamides is 2. The van der Waals surface area contributed by atoms with Crippen molar-refractivity contribution in [3.8, 4) is 5.75 Å². The van der Waals surface area contributed by atoms with Gasteiger partial charge >= 0.3 is 0 Å². The number of carbonyl (C=O) groups excluding carboxylic acids is 1. The number of anilines is 1. The fourth-order valence-corrected chi connectivity index (χ4v) is 12.8. The van der Waals surface area contributed by atoms with E-state index in [1.165, 1.54) is 15.4 Å². The first-order chi connectivity index (χ1) is 24.6. The highest BCUT2D eigenvalue weighted by Gasteiger charge is 2.51. The van der Waals surface area contributed by atoms with Gasteiger partial charge in [0.05, 0.1) is 28.9 Å². The summed E-state index contributed by atoms with van der Waals surface area (Å²) in [6.07, 6.45) is 5.45. The van der Waals surface area contributed by atoms with Crippen molar-refractivity contribution in [2.75, 3.05) is 63.6 Å². The third-order valence-electron chi connectivity index (χ3n) is 12.9. The maximum Gasteiger partial charge on any atom is 0.264 e. The van der Waals surface area contributed by atoms with Gasteiger partial charge in [-0.1, -0.05) is 31.0 Å². The Morgan fingerprint density at radius 1 is 1.02 bits per heavy atom. The molecule has 2 aliphatic carbocycles. The number of hydrogen-bond donors (Lipinski definition) is 2. The molecule has 0 unspecified atom stereocenters. The Balaban J connectivity index is 1.29. The molecule has 2 fully saturated rings. The summed E-state index contributed by atoms with van der Waals surface area (Å²) >= 11 is 6.45. The lowest BCUT2D eigenvalue weighted by molar-refractivity contribution is -0.0725. The van der Waals surface area contributed by atoms with Crippen molar-refractivity contribution in [1.82, 2.24) is 13.9 Å². The van der Waals surface area contributed by atoms with Crippen LogP contribution in [-0.2, 0) is 31.9 Å². The number of nitrogens with zero attached hydrogens (tertiary/aromatic N) is 3. The number of ether oxygens (including phenoxy) is 1. The number of benzene rings is 2. The van der Waals surface area contributed by atoms with Gasteiger partial charge in [0, 0.05) is 55.3 Å². The Kier molecular flexibility index (Phi) is 10.4. The van der Waals surface area contributed by atoms with Crippen LogP contribution in [0.1, 0.15) is 80.3 Å². The maximum atomic E-state index is 14.0. The monoisotopic (exact) mass is 776 g/mol. The molecule has 3 heterocycles. The minimum atomic E-state index is -4.05. The van der Waals surface area contributed by atoms with E-state index in [1.54, 1.807) is 25.1 Å². The quantitative estimate of drug-likeness (QED) is 0.465. The molecule has 286 valence electrons. The molecule has 11 nitrogen and oxygen atoms in total. The molecule has 2 bridgehead atoms. The van der Waals surface area contributed by atoms with E-state index in [1.807, 2.05) is 26.1 Å². The maximum absolute atomic E-state index is 14.0. The fraction of sp³-hybridized carbons (Fsp3) is 0.658. The first-order valence-corrected chi connectivity index (χ1v) is 22.4. The molecule has 6 atom stereocenters. The molecule has 7 rings (SSSR count). The van der Waals surface area contributed by atoms with E-state index in [0.29, 0.717) is 81.6 Å². The van der Waals surface area contributed by atoms with E-state index in [4.69, 9.17) is 16.3 Å². The summed E-state index contributed by atoms with van der Waals surface area (Å²) in [5.74, 6) is -1.06. The van der Waals surface area contributed by atoms with Crippen molar-refractivity contribution in [3.63, 3.8) is 0 Å². The third-order valence-corrected chi connectivity index (χ3v) is 17.1. The smallest absolute Gasteiger partial charge is 0.264 e. The Labute approximate surface area is 314 Å². The molecular formula is C38H53ClN4O7S2. The van der Waals surface area contributed by atoms with Crippen LogP contribution in [0.3, 0.4) is 0 Å². The van der Waals surface area contributed by atoms with Crippen LogP contribution in [0.15, 0.2) is 36.4 Å². The van der Waals surface area contributed by atoms with Crippen LogP contribution in [0.25, 0.3) is 0 Å². The van der Waals surface area contributed by atoms with Gasteiger partial charge in [-0.3, -0.25) is 4.79 Å². The van der Waals surface area contributed by atoms with Crippen molar-refractivity contribution >= 4 is 43.2 Å². The van der Waals surface area contributed by atoms with Gasteiger partial charge in [-0.2, -0.15) is 4.31 Å². The van der Waals surface area contributed by atoms with E-state index >= 15 is 0 Å². The van der Waals surface area contributed by atoms with Gasteiger partial charge in [0.2, 0.25) is 20.0 Å². The highest BCUT2D eigenvalue weighted by molar-refractivity contribution is 7.90. The lowest BCUT2D eigenvalue weighted by Gasteiger charge is -2.50.